The van der Waals surface area contributed by atoms with E-state index >= 15 is 0 Å². The van der Waals surface area contributed by atoms with Crippen molar-refractivity contribution in [1.82, 2.24) is 4.90 Å². The third-order valence-corrected chi connectivity index (χ3v) is 4.79. The largest absolute Gasteiger partial charge is 0.494 e. The van der Waals surface area contributed by atoms with Crippen molar-refractivity contribution < 1.29 is 4.74 Å². The van der Waals surface area contributed by atoms with Gasteiger partial charge in [-0.05, 0) is 61.0 Å². The molecule has 0 fully saturated rings. The van der Waals surface area contributed by atoms with Crippen LogP contribution >= 0.6 is 12.2 Å². The van der Waals surface area contributed by atoms with Crippen molar-refractivity contribution in [2.45, 2.75) is 19.9 Å². The van der Waals surface area contributed by atoms with Crippen LogP contribution in [0.15, 0.2) is 84.9 Å². The van der Waals surface area contributed by atoms with Crippen LogP contribution in [-0.2, 0) is 13.0 Å². The number of thiocarbonyl (C=S) groups is 1. The molecule has 3 aromatic rings. The summed E-state index contributed by atoms with van der Waals surface area (Å²) >= 11 is 5.74. The van der Waals surface area contributed by atoms with Crippen LogP contribution in [0.5, 0.6) is 5.75 Å². The van der Waals surface area contributed by atoms with Crippen LogP contribution in [0.2, 0.25) is 0 Å². The summed E-state index contributed by atoms with van der Waals surface area (Å²) in [6.07, 6.45) is 0.943. The minimum Gasteiger partial charge on any atom is -0.494 e. The summed E-state index contributed by atoms with van der Waals surface area (Å²) in [6.45, 7) is 4.27. The molecular weight excluding hydrogens is 364 g/mol. The lowest BCUT2D eigenvalue weighted by Gasteiger charge is -2.26. The maximum absolute atomic E-state index is 5.74. The second-order valence-electron chi connectivity index (χ2n) is 6.53. The van der Waals surface area contributed by atoms with Crippen LogP contribution in [0.3, 0.4) is 0 Å². The lowest BCUT2D eigenvalue weighted by molar-refractivity contribution is 0.340. The number of benzene rings is 3. The zero-order valence-electron chi connectivity index (χ0n) is 16.2. The Morgan fingerprint density at radius 3 is 2.07 bits per heavy atom. The number of nitrogens with one attached hydrogen (secondary N) is 1. The number of hydrogen-bond acceptors (Lipinski definition) is 2. The molecule has 0 bridgehead atoms. The molecule has 3 aromatic carbocycles. The lowest BCUT2D eigenvalue weighted by atomic mass is 10.1. The van der Waals surface area contributed by atoms with Crippen molar-refractivity contribution >= 4 is 23.0 Å². The fraction of sp³-hybridized carbons (Fsp3) is 0.208. The molecule has 0 amide bonds. The van der Waals surface area contributed by atoms with E-state index in [1.807, 2.05) is 43.3 Å². The zero-order chi connectivity index (χ0) is 19.6. The Hall–Kier alpha value is -2.85. The molecule has 28 heavy (non-hydrogen) atoms. The van der Waals surface area contributed by atoms with Crippen molar-refractivity contribution in [1.29, 1.82) is 0 Å². The van der Waals surface area contributed by atoms with Gasteiger partial charge in [-0.25, -0.2) is 0 Å². The van der Waals surface area contributed by atoms with Gasteiger partial charge in [-0.2, -0.15) is 0 Å². The monoisotopic (exact) mass is 390 g/mol. The first kappa shape index (κ1) is 19.9. The van der Waals surface area contributed by atoms with E-state index in [0.717, 1.165) is 36.1 Å². The van der Waals surface area contributed by atoms with Gasteiger partial charge in [0.1, 0.15) is 5.75 Å². The maximum atomic E-state index is 5.74. The summed E-state index contributed by atoms with van der Waals surface area (Å²) in [5.41, 5.74) is 3.52. The molecule has 0 aliphatic heterocycles. The van der Waals surface area contributed by atoms with Crippen molar-refractivity contribution in [2.75, 3.05) is 18.5 Å². The van der Waals surface area contributed by atoms with Crippen molar-refractivity contribution in [3.8, 4) is 5.75 Å². The number of anilines is 1. The quantitative estimate of drug-likeness (QED) is 0.511. The van der Waals surface area contributed by atoms with E-state index in [2.05, 4.69) is 58.7 Å². The third-order valence-electron chi connectivity index (χ3n) is 4.43. The Balaban J connectivity index is 1.68. The Morgan fingerprint density at radius 2 is 1.46 bits per heavy atom. The van der Waals surface area contributed by atoms with Crippen LogP contribution in [0.25, 0.3) is 0 Å². The molecule has 0 radical (unpaired) electrons. The highest BCUT2D eigenvalue weighted by Gasteiger charge is 2.11. The fourth-order valence-electron chi connectivity index (χ4n) is 2.97. The van der Waals surface area contributed by atoms with Crippen molar-refractivity contribution in [2.24, 2.45) is 0 Å². The molecule has 0 atom stereocenters. The van der Waals surface area contributed by atoms with Gasteiger partial charge in [0, 0.05) is 18.8 Å². The van der Waals surface area contributed by atoms with E-state index in [1.54, 1.807) is 0 Å². The second kappa shape index (κ2) is 10.5. The number of nitrogens with zero attached hydrogens (tertiary/aromatic N) is 1. The standard InChI is InChI=1S/C24H26N2OS/c1-2-27-23-15-13-22(14-16-23)25-24(28)26(19-21-11-7-4-8-12-21)18-17-20-9-5-3-6-10-20/h3-16H,2,17-19H2,1H3,(H,25,28). The zero-order valence-corrected chi connectivity index (χ0v) is 17.0. The van der Waals surface area contributed by atoms with Gasteiger partial charge >= 0.3 is 0 Å². The molecule has 0 aromatic heterocycles. The molecule has 0 unspecified atom stereocenters. The lowest BCUT2D eigenvalue weighted by Crippen LogP contribution is -2.35. The first-order valence-corrected chi connectivity index (χ1v) is 10.0. The van der Waals surface area contributed by atoms with E-state index in [0.29, 0.717) is 6.61 Å². The molecule has 0 heterocycles. The molecule has 3 rings (SSSR count). The van der Waals surface area contributed by atoms with E-state index in [9.17, 15) is 0 Å². The topological polar surface area (TPSA) is 24.5 Å². The average molecular weight is 391 g/mol. The minimum absolute atomic E-state index is 0.662. The van der Waals surface area contributed by atoms with Crippen LogP contribution < -0.4 is 10.1 Å². The molecule has 0 aliphatic rings. The first-order valence-electron chi connectivity index (χ1n) is 9.61. The van der Waals surface area contributed by atoms with Crippen LogP contribution in [-0.4, -0.2) is 23.2 Å². The number of hydrogen-bond donors (Lipinski definition) is 1. The summed E-state index contributed by atoms with van der Waals surface area (Å²) in [5, 5.41) is 4.10. The molecule has 0 saturated carbocycles. The van der Waals surface area contributed by atoms with E-state index in [4.69, 9.17) is 17.0 Å². The molecule has 144 valence electrons. The fourth-order valence-corrected chi connectivity index (χ4v) is 3.24. The number of ether oxygens (including phenoxy) is 1. The summed E-state index contributed by atoms with van der Waals surface area (Å²) in [4.78, 5) is 2.22. The molecule has 0 saturated heterocycles. The van der Waals surface area contributed by atoms with Crippen molar-refractivity contribution in [3.05, 3.63) is 96.1 Å². The van der Waals surface area contributed by atoms with E-state index in [-0.39, 0.29) is 0 Å². The highest BCUT2D eigenvalue weighted by molar-refractivity contribution is 7.80. The number of rotatable bonds is 8. The van der Waals surface area contributed by atoms with Gasteiger partial charge in [-0.15, -0.1) is 0 Å². The summed E-state index contributed by atoms with van der Waals surface area (Å²) in [6, 6.07) is 28.8. The first-order chi connectivity index (χ1) is 13.7. The average Bonchev–Trinajstić information content (AvgIpc) is 2.74. The van der Waals surface area contributed by atoms with Gasteiger partial charge in [-0.3, -0.25) is 0 Å². The van der Waals surface area contributed by atoms with Gasteiger partial charge < -0.3 is 15.0 Å². The minimum atomic E-state index is 0.662. The van der Waals surface area contributed by atoms with Gasteiger partial charge in [0.25, 0.3) is 0 Å². The SMILES string of the molecule is CCOc1ccc(NC(=S)N(CCc2ccccc2)Cc2ccccc2)cc1. The highest BCUT2D eigenvalue weighted by Crippen LogP contribution is 2.17. The molecule has 3 nitrogen and oxygen atoms in total. The molecular formula is C24H26N2OS. The van der Waals surface area contributed by atoms with Gasteiger partial charge in [0.15, 0.2) is 5.11 Å². The highest BCUT2D eigenvalue weighted by atomic mass is 32.1. The smallest absolute Gasteiger partial charge is 0.173 e. The predicted octanol–water partition coefficient (Wildman–Crippen LogP) is 5.53. The molecule has 1 N–H and O–H groups in total. The van der Waals surface area contributed by atoms with Crippen LogP contribution in [0.4, 0.5) is 5.69 Å². The Labute approximate surface area is 173 Å². The maximum Gasteiger partial charge on any atom is 0.173 e. The summed E-state index contributed by atoms with van der Waals surface area (Å²) in [5.74, 6) is 0.865. The Kier molecular flexibility index (Phi) is 7.44. The Bertz CT molecular complexity index is 851. The molecule has 0 spiro atoms. The second-order valence-corrected chi connectivity index (χ2v) is 6.92. The van der Waals surface area contributed by atoms with Gasteiger partial charge in [-0.1, -0.05) is 60.7 Å². The molecule has 0 aliphatic carbocycles. The van der Waals surface area contributed by atoms with Gasteiger partial charge in [0.05, 0.1) is 6.61 Å². The normalized spacial score (nSPS) is 10.3. The van der Waals surface area contributed by atoms with E-state index < -0.39 is 0 Å². The summed E-state index contributed by atoms with van der Waals surface area (Å²) in [7, 11) is 0. The Morgan fingerprint density at radius 1 is 0.857 bits per heavy atom. The van der Waals surface area contributed by atoms with Crippen LogP contribution in [0, 0.1) is 0 Å². The molecule has 4 heteroatoms. The van der Waals surface area contributed by atoms with E-state index in [1.165, 1.54) is 11.1 Å². The van der Waals surface area contributed by atoms with Crippen LogP contribution in [0.1, 0.15) is 18.1 Å². The third kappa shape index (κ3) is 6.10. The van der Waals surface area contributed by atoms with Crippen molar-refractivity contribution in [3.63, 3.8) is 0 Å². The van der Waals surface area contributed by atoms with Gasteiger partial charge in [0.2, 0.25) is 0 Å². The predicted molar refractivity (Wildman–Crippen MR) is 121 cm³/mol. The summed E-state index contributed by atoms with van der Waals surface area (Å²) < 4.78 is 5.51.